The Morgan fingerprint density at radius 2 is 1.87 bits per heavy atom. The fourth-order valence-corrected chi connectivity index (χ4v) is 3.70. The van der Waals surface area contributed by atoms with Gasteiger partial charge in [-0.05, 0) is 44.0 Å². The molecular weight excluding hydrogens is 378 g/mol. The van der Waals surface area contributed by atoms with Crippen molar-refractivity contribution >= 4 is 5.91 Å². The van der Waals surface area contributed by atoms with E-state index < -0.39 is 0 Å². The van der Waals surface area contributed by atoms with Gasteiger partial charge in [-0.15, -0.1) is 0 Å². The van der Waals surface area contributed by atoms with E-state index in [1.54, 1.807) is 6.92 Å². The summed E-state index contributed by atoms with van der Waals surface area (Å²) in [6.07, 6.45) is 2.13. The molecule has 0 aliphatic carbocycles. The van der Waals surface area contributed by atoms with E-state index in [-0.39, 0.29) is 12.0 Å². The predicted molar refractivity (Wildman–Crippen MR) is 115 cm³/mol. The molecule has 0 saturated carbocycles. The molecule has 4 rings (SSSR count). The second kappa shape index (κ2) is 9.13. The van der Waals surface area contributed by atoms with E-state index in [0.717, 1.165) is 42.1 Å². The first-order valence-corrected chi connectivity index (χ1v) is 10.4. The van der Waals surface area contributed by atoms with Crippen molar-refractivity contribution in [2.24, 2.45) is 0 Å². The highest BCUT2D eigenvalue weighted by Gasteiger charge is 2.25. The van der Waals surface area contributed by atoms with Gasteiger partial charge in [0.05, 0.1) is 29.6 Å². The van der Waals surface area contributed by atoms with Gasteiger partial charge in [-0.25, -0.2) is 4.68 Å². The summed E-state index contributed by atoms with van der Waals surface area (Å²) in [7, 11) is 0. The van der Waals surface area contributed by atoms with Gasteiger partial charge < -0.3 is 14.4 Å². The maximum absolute atomic E-state index is 12.4. The molecule has 1 saturated heterocycles. The number of benzene rings is 2. The summed E-state index contributed by atoms with van der Waals surface area (Å²) in [5.74, 6) is 1.37. The Morgan fingerprint density at radius 3 is 2.50 bits per heavy atom. The summed E-state index contributed by atoms with van der Waals surface area (Å²) >= 11 is 0. The molecule has 1 atom stereocenters. The lowest BCUT2D eigenvalue weighted by atomic mass is 10.2. The summed E-state index contributed by atoms with van der Waals surface area (Å²) in [5, 5.41) is 4.74. The molecule has 6 nitrogen and oxygen atoms in total. The number of aromatic nitrogens is 2. The van der Waals surface area contributed by atoms with Gasteiger partial charge in [0.2, 0.25) is 11.8 Å². The predicted octanol–water partition coefficient (Wildman–Crippen LogP) is 4.50. The number of rotatable bonds is 7. The number of hydrogen-bond acceptors (Lipinski definition) is 4. The highest BCUT2D eigenvalue weighted by molar-refractivity contribution is 5.73. The molecule has 0 radical (unpaired) electrons. The van der Waals surface area contributed by atoms with Crippen LogP contribution in [0.15, 0.2) is 60.7 Å². The van der Waals surface area contributed by atoms with Crippen molar-refractivity contribution in [1.82, 2.24) is 14.7 Å². The minimum absolute atomic E-state index is 0.0167. The van der Waals surface area contributed by atoms with Crippen molar-refractivity contribution in [3.63, 3.8) is 0 Å². The lowest BCUT2D eigenvalue weighted by Gasteiger charge is -2.24. The van der Waals surface area contributed by atoms with Crippen LogP contribution in [0, 0.1) is 6.92 Å². The van der Waals surface area contributed by atoms with E-state index >= 15 is 0 Å². The van der Waals surface area contributed by atoms with Crippen LogP contribution in [-0.2, 0) is 16.1 Å². The van der Waals surface area contributed by atoms with Crippen LogP contribution in [0.2, 0.25) is 0 Å². The Kier molecular flexibility index (Phi) is 6.14. The number of nitrogens with zero attached hydrogens (tertiary/aromatic N) is 3. The lowest BCUT2D eigenvalue weighted by molar-refractivity contribution is -0.131. The summed E-state index contributed by atoms with van der Waals surface area (Å²) < 4.78 is 13.9. The molecule has 1 aliphatic heterocycles. The Morgan fingerprint density at radius 1 is 1.17 bits per heavy atom. The topological polar surface area (TPSA) is 56.6 Å². The van der Waals surface area contributed by atoms with Crippen LogP contribution in [0.1, 0.15) is 31.0 Å². The third kappa shape index (κ3) is 4.54. The minimum atomic E-state index is 0.0167. The molecule has 1 aromatic heterocycles. The number of carbonyl (C=O) groups is 1. The fraction of sp³-hybridized carbons (Fsp3) is 0.333. The van der Waals surface area contributed by atoms with Crippen molar-refractivity contribution in [2.75, 3.05) is 13.2 Å². The third-order valence-electron chi connectivity index (χ3n) is 5.34. The number of hydrogen-bond donors (Lipinski definition) is 0. The Bertz CT molecular complexity index is 980. The number of para-hydroxylation sites is 2. The zero-order valence-corrected chi connectivity index (χ0v) is 17.5. The molecular formula is C24H27N3O3. The average molecular weight is 405 g/mol. The van der Waals surface area contributed by atoms with E-state index in [1.165, 1.54) is 0 Å². The van der Waals surface area contributed by atoms with Crippen LogP contribution in [-0.4, -0.2) is 39.8 Å². The van der Waals surface area contributed by atoms with E-state index in [9.17, 15) is 4.79 Å². The van der Waals surface area contributed by atoms with Crippen LogP contribution in [0.4, 0.5) is 0 Å². The third-order valence-corrected chi connectivity index (χ3v) is 5.34. The van der Waals surface area contributed by atoms with Crippen LogP contribution in [0.5, 0.6) is 11.6 Å². The molecule has 1 amide bonds. The number of ether oxygens (including phenoxy) is 2. The lowest BCUT2D eigenvalue weighted by Crippen LogP contribution is -2.35. The maximum Gasteiger partial charge on any atom is 0.227 e. The summed E-state index contributed by atoms with van der Waals surface area (Å²) in [5.41, 5.74) is 2.64. The highest BCUT2D eigenvalue weighted by Crippen LogP contribution is 2.32. The first-order valence-electron chi connectivity index (χ1n) is 10.4. The van der Waals surface area contributed by atoms with Crippen molar-refractivity contribution < 1.29 is 14.3 Å². The molecule has 2 heterocycles. The molecule has 0 unspecified atom stereocenters. The van der Waals surface area contributed by atoms with Crippen molar-refractivity contribution in [3.05, 3.63) is 71.9 Å². The Hall–Kier alpha value is -3.12. The van der Waals surface area contributed by atoms with E-state index in [4.69, 9.17) is 14.6 Å². The smallest absolute Gasteiger partial charge is 0.227 e. The highest BCUT2D eigenvalue weighted by atomic mass is 16.5. The van der Waals surface area contributed by atoms with Crippen LogP contribution < -0.4 is 4.74 Å². The number of carbonyl (C=O) groups excluding carboxylic acids is 1. The molecule has 2 aromatic carbocycles. The Labute approximate surface area is 177 Å². The zero-order valence-electron chi connectivity index (χ0n) is 17.5. The molecule has 3 aromatic rings. The second-order valence-corrected chi connectivity index (χ2v) is 7.57. The van der Waals surface area contributed by atoms with Crippen LogP contribution in [0.3, 0.4) is 0 Å². The molecule has 0 spiro atoms. The molecule has 1 aliphatic rings. The normalized spacial score (nSPS) is 15.9. The van der Waals surface area contributed by atoms with Gasteiger partial charge in [0.1, 0.15) is 5.75 Å². The van der Waals surface area contributed by atoms with Gasteiger partial charge in [-0.3, -0.25) is 4.79 Å². The average Bonchev–Trinajstić information content (AvgIpc) is 3.38. The van der Waals surface area contributed by atoms with Gasteiger partial charge in [0.25, 0.3) is 0 Å². The van der Waals surface area contributed by atoms with Gasteiger partial charge in [0.15, 0.2) is 0 Å². The van der Waals surface area contributed by atoms with Crippen LogP contribution >= 0.6 is 0 Å². The molecule has 0 bridgehead atoms. The quantitative estimate of drug-likeness (QED) is 0.581. The first-order chi connectivity index (χ1) is 14.6. The van der Waals surface area contributed by atoms with Gasteiger partial charge in [-0.1, -0.05) is 36.4 Å². The van der Waals surface area contributed by atoms with E-state index in [2.05, 4.69) is 0 Å². The standard InChI is InChI=1S/C24H27N3O3/c1-18-23(17-26(19(2)28)16-22-14-9-15-29-22)24(30-21-12-7-4-8-13-21)27(25-18)20-10-5-3-6-11-20/h3-8,10-13,22H,9,14-17H2,1-2H3/t22-/m1/s1. The molecule has 1 fully saturated rings. The molecule has 0 N–H and O–H groups in total. The monoisotopic (exact) mass is 405 g/mol. The van der Waals surface area contributed by atoms with E-state index in [1.807, 2.05) is 77.2 Å². The first kappa shape index (κ1) is 20.2. The molecule has 30 heavy (non-hydrogen) atoms. The molecule has 6 heteroatoms. The summed E-state index contributed by atoms with van der Waals surface area (Å²) in [4.78, 5) is 14.2. The summed E-state index contributed by atoms with van der Waals surface area (Å²) in [6.45, 7) is 5.33. The fourth-order valence-electron chi connectivity index (χ4n) is 3.70. The van der Waals surface area contributed by atoms with Gasteiger partial charge in [-0.2, -0.15) is 5.10 Å². The zero-order chi connectivity index (χ0) is 20.9. The summed E-state index contributed by atoms with van der Waals surface area (Å²) in [6, 6.07) is 19.5. The van der Waals surface area contributed by atoms with Gasteiger partial charge in [0, 0.05) is 20.1 Å². The minimum Gasteiger partial charge on any atom is -0.439 e. The van der Waals surface area contributed by atoms with Crippen LogP contribution in [0.25, 0.3) is 5.69 Å². The number of amides is 1. The number of aryl methyl sites for hydroxylation is 1. The molecule has 156 valence electrons. The van der Waals surface area contributed by atoms with E-state index in [0.29, 0.717) is 19.0 Å². The largest absolute Gasteiger partial charge is 0.439 e. The SMILES string of the molecule is CC(=O)N(Cc1c(C)nn(-c2ccccc2)c1Oc1ccccc1)C[C@H]1CCCO1. The van der Waals surface area contributed by atoms with Gasteiger partial charge >= 0.3 is 0 Å². The van der Waals surface area contributed by atoms with Crippen molar-refractivity contribution in [3.8, 4) is 17.3 Å². The van der Waals surface area contributed by atoms with Crippen molar-refractivity contribution in [2.45, 2.75) is 39.3 Å². The second-order valence-electron chi connectivity index (χ2n) is 7.57. The van der Waals surface area contributed by atoms with Crippen molar-refractivity contribution in [1.29, 1.82) is 0 Å². The maximum atomic E-state index is 12.4. The Balaban J connectivity index is 1.70.